The first-order chi connectivity index (χ1) is 12.5. The summed E-state index contributed by atoms with van der Waals surface area (Å²) in [5.41, 5.74) is 4.51. The lowest BCUT2D eigenvalue weighted by atomic mass is 9.98. The Bertz CT molecular complexity index is 774. The van der Waals surface area contributed by atoms with E-state index in [-0.39, 0.29) is 12.5 Å². The highest BCUT2D eigenvalue weighted by molar-refractivity contribution is 5.79. The number of aliphatic hydroxyl groups is 1. The third kappa shape index (κ3) is 3.70. The first kappa shape index (κ1) is 17.9. The number of hydrogen-bond acceptors (Lipinski definition) is 4. The molecule has 3 N–H and O–H groups in total. The van der Waals surface area contributed by atoms with Crippen LogP contribution in [0.2, 0.25) is 0 Å². The number of carboxylic acid groups (broad SMARTS) is 1. The Morgan fingerprint density at radius 2 is 1.62 bits per heavy atom. The zero-order valence-corrected chi connectivity index (χ0v) is 14.4. The summed E-state index contributed by atoms with van der Waals surface area (Å²) in [4.78, 5) is 22.7. The first-order valence-electron chi connectivity index (χ1n) is 8.48. The van der Waals surface area contributed by atoms with E-state index in [1.165, 1.54) is 6.92 Å². The van der Waals surface area contributed by atoms with Crippen LogP contribution in [0.25, 0.3) is 11.1 Å². The van der Waals surface area contributed by atoms with Gasteiger partial charge in [-0.3, -0.25) is 4.79 Å². The van der Waals surface area contributed by atoms with Gasteiger partial charge in [0.2, 0.25) is 0 Å². The minimum atomic E-state index is -1.17. The Balaban J connectivity index is 1.65. The Morgan fingerprint density at radius 1 is 1.08 bits per heavy atom. The molecule has 0 spiro atoms. The van der Waals surface area contributed by atoms with Gasteiger partial charge >= 0.3 is 12.1 Å². The second-order valence-corrected chi connectivity index (χ2v) is 6.42. The number of fused-ring (bicyclic) bond motifs is 3. The topological polar surface area (TPSA) is 95.9 Å². The van der Waals surface area contributed by atoms with E-state index in [4.69, 9.17) is 9.84 Å². The van der Waals surface area contributed by atoms with E-state index < -0.39 is 30.6 Å². The second kappa shape index (κ2) is 7.58. The van der Waals surface area contributed by atoms with Crippen molar-refractivity contribution in [3.8, 4) is 11.1 Å². The van der Waals surface area contributed by atoms with Crippen LogP contribution in [0, 0.1) is 0 Å². The van der Waals surface area contributed by atoms with E-state index in [0.717, 1.165) is 22.3 Å². The quantitative estimate of drug-likeness (QED) is 0.740. The molecular formula is C20H21NO5. The van der Waals surface area contributed by atoms with Crippen molar-refractivity contribution in [3.05, 3.63) is 59.7 Å². The molecule has 1 amide bonds. The van der Waals surface area contributed by atoms with Crippen molar-refractivity contribution in [3.63, 3.8) is 0 Å². The number of alkyl carbamates (subject to hydrolysis) is 1. The molecule has 6 heteroatoms. The fourth-order valence-corrected chi connectivity index (χ4v) is 3.28. The van der Waals surface area contributed by atoms with E-state index >= 15 is 0 Å². The number of benzene rings is 2. The van der Waals surface area contributed by atoms with E-state index in [1.54, 1.807) is 0 Å². The Morgan fingerprint density at radius 3 is 2.15 bits per heavy atom. The molecule has 0 heterocycles. The summed E-state index contributed by atoms with van der Waals surface area (Å²) >= 11 is 0. The summed E-state index contributed by atoms with van der Waals surface area (Å²) in [6, 6.07) is 15.3. The summed E-state index contributed by atoms with van der Waals surface area (Å²) in [5.74, 6) is -1.17. The number of carbonyl (C=O) groups excluding carboxylic acids is 1. The van der Waals surface area contributed by atoms with Crippen LogP contribution in [0.3, 0.4) is 0 Å². The minimum Gasteiger partial charge on any atom is -0.481 e. The normalized spacial score (nSPS) is 14.8. The Kier molecular flexibility index (Phi) is 5.23. The molecule has 0 unspecified atom stereocenters. The monoisotopic (exact) mass is 355 g/mol. The van der Waals surface area contributed by atoms with Gasteiger partial charge in [-0.15, -0.1) is 0 Å². The molecule has 2 aromatic rings. The largest absolute Gasteiger partial charge is 0.481 e. The Hall–Kier alpha value is -2.86. The van der Waals surface area contributed by atoms with Crippen LogP contribution in [0.1, 0.15) is 30.4 Å². The van der Waals surface area contributed by atoms with Gasteiger partial charge in [-0.2, -0.15) is 0 Å². The molecule has 0 fully saturated rings. The van der Waals surface area contributed by atoms with Gasteiger partial charge < -0.3 is 20.3 Å². The highest BCUT2D eigenvalue weighted by atomic mass is 16.5. The number of amides is 1. The molecule has 6 nitrogen and oxygen atoms in total. The third-order valence-corrected chi connectivity index (χ3v) is 4.65. The van der Waals surface area contributed by atoms with Gasteiger partial charge in [-0.1, -0.05) is 48.5 Å². The molecule has 26 heavy (non-hydrogen) atoms. The van der Waals surface area contributed by atoms with Crippen molar-refractivity contribution >= 4 is 12.1 Å². The Labute approximate surface area is 151 Å². The number of nitrogens with one attached hydrogen (secondary N) is 1. The van der Waals surface area contributed by atoms with Crippen LogP contribution in [0.15, 0.2) is 48.5 Å². The molecule has 0 aliphatic heterocycles. The summed E-state index contributed by atoms with van der Waals surface area (Å²) in [7, 11) is 0. The molecule has 2 atom stereocenters. The lowest BCUT2D eigenvalue weighted by molar-refractivity contribution is -0.139. The standard InChI is InChI=1S/C20H21NO5/c1-12(18(22)10-19(23)24)21-20(25)26-11-17-15-8-4-2-6-13(15)14-7-3-5-9-16(14)17/h2-9,12,17-18,22H,10-11H2,1H3,(H,21,25)(H,23,24)/t12-,18-/m0/s1. The predicted octanol–water partition coefficient (Wildman–Crippen LogP) is 2.75. The lowest BCUT2D eigenvalue weighted by Crippen LogP contribution is -2.42. The van der Waals surface area contributed by atoms with Gasteiger partial charge in [0.15, 0.2) is 0 Å². The van der Waals surface area contributed by atoms with Gasteiger partial charge in [0.25, 0.3) is 0 Å². The average molecular weight is 355 g/mol. The van der Waals surface area contributed by atoms with Crippen LogP contribution in [-0.2, 0) is 9.53 Å². The number of carbonyl (C=O) groups is 2. The van der Waals surface area contributed by atoms with Gasteiger partial charge in [0.1, 0.15) is 6.61 Å². The van der Waals surface area contributed by atoms with E-state index in [2.05, 4.69) is 17.4 Å². The fraction of sp³-hybridized carbons (Fsp3) is 0.300. The van der Waals surface area contributed by atoms with Crippen LogP contribution in [-0.4, -0.2) is 41.0 Å². The summed E-state index contributed by atoms with van der Waals surface area (Å²) < 4.78 is 5.36. The summed E-state index contributed by atoms with van der Waals surface area (Å²) in [5, 5.41) is 20.9. The molecule has 2 aromatic carbocycles. The molecule has 0 radical (unpaired) electrons. The summed E-state index contributed by atoms with van der Waals surface area (Å²) in [6.07, 6.45) is -2.29. The highest BCUT2D eigenvalue weighted by Gasteiger charge is 2.29. The predicted molar refractivity (Wildman–Crippen MR) is 95.9 cm³/mol. The van der Waals surface area contributed by atoms with Crippen molar-refractivity contribution in [1.82, 2.24) is 5.32 Å². The maximum absolute atomic E-state index is 12.0. The number of aliphatic carboxylic acids is 1. The summed E-state index contributed by atoms with van der Waals surface area (Å²) in [6.45, 7) is 1.71. The lowest BCUT2D eigenvalue weighted by Gasteiger charge is -2.20. The van der Waals surface area contributed by atoms with Gasteiger partial charge in [-0.25, -0.2) is 4.79 Å². The minimum absolute atomic E-state index is 0.0487. The van der Waals surface area contributed by atoms with Crippen molar-refractivity contribution in [1.29, 1.82) is 0 Å². The molecule has 1 aliphatic rings. The van der Waals surface area contributed by atoms with Crippen molar-refractivity contribution in [2.75, 3.05) is 6.61 Å². The van der Waals surface area contributed by atoms with E-state index in [9.17, 15) is 14.7 Å². The van der Waals surface area contributed by atoms with Gasteiger partial charge in [0, 0.05) is 5.92 Å². The number of rotatable bonds is 6. The van der Waals surface area contributed by atoms with Crippen molar-refractivity contribution < 1.29 is 24.5 Å². The number of aliphatic hydroxyl groups excluding tert-OH is 1. The molecule has 0 saturated heterocycles. The molecule has 136 valence electrons. The zero-order valence-electron chi connectivity index (χ0n) is 14.4. The number of carboxylic acids is 1. The maximum Gasteiger partial charge on any atom is 0.407 e. The van der Waals surface area contributed by atoms with Crippen LogP contribution in [0.4, 0.5) is 4.79 Å². The van der Waals surface area contributed by atoms with Crippen molar-refractivity contribution in [2.45, 2.75) is 31.4 Å². The highest BCUT2D eigenvalue weighted by Crippen LogP contribution is 2.44. The van der Waals surface area contributed by atoms with Gasteiger partial charge in [-0.05, 0) is 29.2 Å². The molecular weight excluding hydrogens is 334 g/mol. The van der Waals surface area contributed by atoms with Crippen LogP contribution >= 0.6 is 0 Å². The van der Waals surface area contributed by atoms with Crippen LogP contribution in [0.5, 0.6) is 0 Å². The van der Waals surface area contributed by atoms with Crippen molar-refractivity contribution in [2.24, 2.45) is 0 Å². The number of ether oxygens (including phenoxy) is 1. The SMILES string of the molecule is C[C@H](NC(=O)OCC1c2ccccc2-c2ccccc21)[C@@H](O)CC(=O)O. The first-order valence-corrected chi connectivity index (χ1v) is 8.48. The third-order valence-electron chi connectivity index (χ3n) is 4.65. The van der Waals surface area contributed by atoms with E-state index in [1.807, 2.05) is 36.4 Å². The smallest absolute Gasteiger partial charge is 0.407 e. The second-order valence-electron chi connectivity index (χ2n) is 6.42. The molecule has 0 bridgehead atoms. The maximum atomic E-state index is 12.0. The molecule has 0 saturated carbocycles. The zero-order chi connectivity index (χ0) is 18.7. The van der Waals surface area contributed by atoms with Gasteiger partial charge in [0.05, 0.1) is 18.6 Å². The van der Waals surface area contributed by atoms with Crippen LogP contribution < -0.4 is 5.32 Å². The van der Waals surface area contributed by atoms with E-state index in [0.29, 0.717) is 0 Å². The average Bonchev–Trinajstić information content (AvgIpc) is 2.93. The molecule has 3 rings (SSSR count). The molecule has 1 aliphatic carbocycles. The molecule has 0 aromatic heterocycles. The number of hydrogen-bond donors (Lipinski definition) is 3. The fourth-order valence-electron chi connectivity index (χ4n) is 3.28.